The lowest BCUT2D eigenvalue weighted by Gasteiger charge is -2.41. The zero-order chi connectivity index (χ0) is 26.3. The lowest BCUT2D eigenvalue weighted by Crippen LogP contribution is -2.50. The molecule has 2 aliphatic rings. The van der Waals surface area contributed by atoms with Gasteiger partial charge >= 0.3 is 0 Å². The molecule has 2 amide bonds. The third-order valence-electron chi connectivity index (χ3n) is 7.93. The number of likely N-dealkylation sites (tertiary alicyclic amines) is 1. The maximum absolute atomic E-state index is 14.3. The number of rotatable bonds is 7. The fourth-order valence-corrected chi connectivity index (χ4v) is 5.75. The number of carbonyl (C=O) groups is 2. The molecule has 2 aliphatic heterocycles. The van der Waals surface area contributed by atoms with E-state index in [2.05, 4.69) is 28.3 Å². The van der Waals surface area contributed by atoms with Crippen LogP contribution in [0.25, 0.3) is 16.6 Å². The summed E-state index contributed by atoms with van der Waals surface area (Å²) in [6.45, 7) is 9.76. The Kier molecular flexibility index (Phi) is 7.03. The van der Waals surface area contributed by atoms with E-state index in [0.29, 0.717) is 29.5 Å². The fourth-order valence-electron chi connectivity index (χ4n) is 5.75. The molecule has 7 nitrogen and oxygen atoms in total. The Morgan fingerprint density at radius 2 is 2.03 bits per heavy atom. The first-order valence-corrected chi connectivity index (χ1v) is 13.2. The largest absolute Gasteiger partial charge is 0.356 e. The van der Waals surface area contributed by atoms with Crippen LogP contribution in [0.2, 0.25) is 0 Å². The van der Waals surface area contributed by atoms with E-state index < -0.39 is 5.82 Å². The second kappa shape index (κ2) is 10.2. The lowest BCUT2D eigenvalue weighted by molar-refractivity contribution is -0.123. The lowest BCUT2D eigenvalue weighted by atomic mass is 9.89. The minimum Gasteiger partial charge on any atom is -0.356 e. The van der Waals surface area contributed by atoms with Crippen molar-refractivity contribution in [2.45, 2.75) is 46.1 Å². The molecule has 8 heteroatoms. The number of hydrogen-bond donors (Lipinski definition) is 1. The molecule has 2 aromatic heterocycles. The zero-order valence-electron chi connectivity index (χ0n) is 22.1. The van der Waals surface area contributed by atoms with Crippen LogP contribution < -0.4 is 5.32 Å². The van der Waals surface area contributed by atoms with Crippen LogP contribution in [0.4, 0.5) is 4.39 Å². The summed E-state index contributed by atoms with van der Waals surface area (Å²) < 4.78 is 16.3. The van der Waals surface area contributed by atoms with E-state index in [4.69, 9.17) is 0 Å². The summed E-state index contributed by atoms with van der Waals surface area (Å²) in [5, 5.41) is 4.07. The quantitative estimate of drug-likeness (QED) is 0.528. The van der Waals surface area contributed by atoms with Crippen LogP contribution in [0.3, 0.4) is 0 Å². The second-order valence-corrected chi connectivity index (χ2v) is 11.0. The molecule has 2 fully saturated rings. The van der Waals surface area contributed by atoms with Crippen molar-refractivity contribution in [3.8, 4) is 5.69 Å². The Morgan fingerprint density at radius 3 is 2.76 bits per heavy atom. The number of benzene rings is 1. The van der Waals surface area contributed by atoms with Crippen molar-refractivity contribution < 1.29 is 14.0 Å². The van der Waals surface area contributed by atoms with Crippen molar-refractivity contribution in [2.75, 3.05) is 33.2 Å². The highest BCUT2D eigenvalue weighted by atomic mass is 19.1. The Labute approximate surface area is 217 Å². The van der Waals surface area contributed by atoms with Crippen LogP contribution in [-0.4, -0.2) is 70.4 Å². The predicted molar refractivity (Wildman–Crippen MR) is 142 cm³/mol. The molecular weight excluding hydrogens is 469 g/mol. The number of pyridine rings is 1. The molecule has 0 radical (unpaired) electrons. The summed E-state index contributed by atoms with van der Waals surface area (Å²) in [6.07, 6.45) is 8.42. The number of amides is 2. The number of halogens is 1. The van der Waals surface area contributed by atoms with E-state index >= 15 is 0 Å². The zero-order valence-corrected chi connectivity index (χ0v) is 22.1. The minimum atomic E-state index is -0.430. The summed E-state index contributed by atoms with van der Waals surface area (Å²) in [5.41, 5.74) is 4.23. The molecule has 196 valence electrons. The van der Waals surface area contributed by atoms with Gasteiger partial charge in [-0.15, -0.1) is 0 Å². The smallest absolute Gasteiger partial charge is 0.256 e. The van der Waals surface area contributed by atoms with E-state index in [1.54, 1.807) is 18.0 Å². The summed E-state index contributed by atoms with van der Waals surface area (Å²) >= 11 is 0. The first-order chi connectivity index (χ1) is 17.7. The predicted octanol–water partition coefficient (Wildman–Crippen LogP) is 3.95. The maximum Gasteiger partial charge on any atom is 0.256 e. The fraction of sp³-hybridized carbons (Fsp3) is 0.483. The van der Waals surface area contributed by atoms with E-state index in [1.807, 2.05) is 30.8 Å². The van der Waals surface area contributed by atoms with Crippen LogP contribution >= 0.6 is 0 Å². The van der Waals surface area contributed by atoms with Gasteiger partial charge in [-0.05, 0) is 74.8 Å². The standard InChI is InChI=1S/C29H36FN5O2/c1-18(2)33(4)29(37)24-11-23(30)5-6-25(24)35-17-22(28-19(3)12-31-13-26(28)35)9-21-15-34(16-21)14-20-7-8-32-27(36)10-20/h5-6,11-13,17-18,20-21H,7-10,14-16H2,1-4H3,(H,32,36). The average molecular weight is 506 g/mol. The summed E-state index contributed by atoms with van der Waals surface area (Å²) in [5.74, 6) is 0.511. The number of carbonyl (C=O) groups excluding carboxylic acids is 2. The third-order valence-corrected chi connectivity index (χ3v) is 7.93. The van der Waals surface area contributed by atoms with Crippen LogP contribution in [0.15, 0.2) is 36.8 Å². The molecule has 0 bridgehead atoms. The van der Waals surface area contributed by atoms with Gasteiger partial charge in [-0.3, -0.25) is 14.6 Å². The number of aromatic nitrogens is 2. The first kappa shape index (κ1) is 25.4. The minimum absolute atomic E-state index is 0.00551. The van der Waals surface area contributed by atoms with Gasteiger partial charge < -0.3 is 19.7 Å². The number of hydrogen-bond acceptors (Lipinski definition) is 4. The molecule has 5 rings (SSSR count). The number of piperidine rings is 1. The second-order valence-electron chi connectivity index (χ2n) is 11.0. The van der Waals surface area contributed by atoms with Crippen LogP contribution in [-0.2, 0) is 11.2 Å². The number of nitrogens with zero attached hydrogens (tertiary/aromatic N) is 4. The monoisotopic (exact) mass is 505 g/mol. The number of aryl methyl sites for hydroxylation is 1. The van der Waals surface area contributed by atoms with E-state index in [0.717, 1.165) is 55.5 Å². The van der Waals surface area contributed by atoms with Crippen molar-refractivity contribution in [2.24, 2.45) is 11.8 Å². The Hall–Kier alpha value is -3.26. The average Bonchev–Trinajstić information content (AvgIpc) is 3.21. The highest BCUT2D eigenvalue weighted by molar-refractivity contribution is 5.99. The summed E-state index contributed by atoms with van der Waals surface area (Å²) in [4.78, 5) is 33.5. The van der Waals surface area contributed by atoms with Crippen LogP contribution in [0.1, 0.15) is 48.2 Å². The van der Waals surface area contributed by atoms with Gasteiger partial charge in [-0.2, -0.15) is 0 Å². The van der Waals surface area contributed by atoms with Gasteiger partial charge in [-0.1, -0.05) is 0 Å². The molecule has 1 aromatic carbocycles. The van der Waals surface area contributed by atoms with Gasteiger partial charge in [0.25, 0.3) is 5.91 Å². The normalized spacial score (nSPS) is 18.8. The van der Waals surface area contributed by atoms with Gasteiger partial charge in [0.05, 0.1) is 23.0 Å². The topological polar surface area (TPSA) is 70.5 Å². The van der Waals surface area contributed by atoms with Gasteiger partial charge in [-0.25, -0.2) is 4.39 Å². The Bertz CT molecular complexity index is 1330. The van der Waals surface area contributed by atoms with Crippen LogP contribution in [0, 0.1) is 24.6 Å². The molecule has 0 spiro atoms. The molecule has 1 atom stereocenters. The van der Waals surface area contributed by atoms with E-state index in [9.17, 15) is 14.0 Å². The van der Waals surface area contributed by atoms with E-state index in [1.165, 1.54) is 17.7 Å². The molecule has 0 aliphatic carbocycles. The molecule has 4 heterocycles. The number of fused-ring (bicyclic) bond motifs is 1. The third kappa shape index (κ3) is 5.12. The summed E-state index contributed by atoms with van der Waals surface area (Å²) in [7, 11) is 1.74. The van der Waals surface area contributed by atoms with Crippen molar-refractivity contribution >= 4 is 22.7 Å². The molecule has 0 saturated carbocycles. The van der Waals surface area contributed by atoms with Crippen LogP contribution in [0.5, 0.6) is 0 Å². The van der Waals surface area contributed by atoms with Crippen molar-refractivity contribution in [3.63, 3.8) is 0 Å². The highest BCUT2D eigenvalue weighted by Gasteiger charge is 2.31. The SMILES string of the molecule is Cc1cncc2c1c(CC1CN(CC3CCNC(=O)C3)C1)cn2-c1ccc(F)cc1C(=O)N(C)C(C)C. The van der Waals surface area contributed by atoms with Gasteiger partial charge in [0.2, 0.25) is 5.91 Å². The molecule has 2 saturated heterocycles. The summed E-state index contributed by atoms with van der Waals surface area (Å²) in [6, 6.07) is 4.42. The van der Waals surface area contributed by atoms with E-state index in [-0.39, 0.29) is 17.9 Å². The first-order valence-electron chi connectivity index (χ1n) is 13.2. The van der Waals surface area contributed by atoms with Gasteiger partial charge in [0.15, 0.2) is 0 Å². The molecule has 1 N–H and O–H groups in total. The van der Waals surface area contributed by atoms with Gasteiger partial charge in [0, 0.05) is 63.5 Å². The molecule has 3 aromatic rings. The highest BCUT2D eigenvalue weighted by Crippen LogP contribution is 2.33. The Morgan fingerprint density at radius 1 is 1.24 bits per heavy atom. The van der Waals surface area contributed by atoms with Crippen molar-refractivity contribution in [1.82, 2.24) is 24.7 Å². The molecular formula is C29H36FN5O2. The molecule has 1 unspecified atom stereocenters. The maximum atomic E-state index is 14.3. The Balaban J connectivity index is 1.41. The number of nitrogens with one attached hydrogen (secondary N) is 1. The van der Waals surface area contributed by atoms with Crippen molar-refractivity contribution in [1.29, 1.82) is 0 Å². The molecule has 37 heavy (non-hydrogen) atoms. The van der Waals surface area contributed by atoms with Gasteiger partial charge in [0.1, 0.15) is 5.82 Å². The van der Waals surface area contributed by atoms with Crippen molar-refractivity contribution in [3.05, 3.63) is 59.3 Å².